The van der Waals surface area contributed by atoms with E-state index in [0.29, 0.717) is 14.5 Å². The third-order valence-electron chi connectivity index (χ3n) is 5.40. The maximum atomic E-state index is 6.15. The number of allylic oxidation sites excluding steroid dienone is 4. The van der Waals surface area contributed by atoms with Crippen molar-refractivity contribution in [1.82, 2.24) is 5.32 Å². The van der Waals surface area contributed by atoms with Crippen LogP contribution in [0.4, 0.5) is 0 Å². The van der Waals surface area contributed by atoms with E-state index in [1.807, 2.05) is 0 Å². The Morgan fingerprint density at radius 2 is 1.84 bits per heavy atom. The molecule has 1 aliphatic carbocycles. The predicted octanol–water partition coefficient (Wildman–Crippen LogP) is 5.17. The number of rotatable bonds is 9. The van der Waals surface area contributed by atoms with Gasteiger partial charge in [-0.1, -0.05) is 69.3 Å². The van der Waals surface area contributed by atoms with Gasteiger partial charge < -0.3 is 14.8 Å². The normalized spacial score (nSPS) is 16.4. The van der Waals surface area contributed by atoms with Crippen LogP contribution in [0.3, 0.4) is 0 Å². The number of nitrogens with one attached hydrogen (secondary N) is 1. The van der Waals surface area contributed by atoms with E-state index in [9.17, 15) is 0 Å². The molecule has 3 rings (SSSR count). The van der Waals surface area contributed by atoms with Crippen LogP contribution in [0.2, 0.25) is 0 Å². The summed E-state index contributed by atoms with van der Waals surface area (Å²) >= 11 is 0. The zero-order valence-electron chi connectivity index (χ0n) is 19.5. The zero-order valence-corrected chi connectivity index (χ0v) is 20.5. The average molecular weight is 438 g/mol. The molecule has 0 bridgehead atoms. The highest BCUT2D eigenvalue weighted by Crippen LogP contribution is 2.29. The summed E-state index contributed by atoms with van der Waals surface area (Å²) in [5.74, 6) is 1.50. The second kappa shape index (κ2) is 11.1. The molecule has 0 radical (unpaired) electrons. The molecular formula is C27H36NO2P. The highest BCUT2D eigenvalue weighted by atomic mass is 31.1. The van der Waals surface area contributed by atoms with Crippen molar-refractivity contribution in [3.8, 4) is 5.75 Å². The van der Waals surface area contributed by atoms with Gasteiger partial charge in [-0.2, -0.15) is 0 Å². The summed E-state index contributed by atoms with van der Waals surface area (Å²) < 4.78 is 11.4. The van der Waals surface area contributed by atoms with Gasteiger partial charge in [-0.15, -0.1) is 0 Å². The summed E-state index contributed by atoms with van der Waals surface area (Å²) in [7, 11) is 2.21. The monoisotopic (exact) mass is 437 g/mol. The summed E-state index contributed by atoms with van der Waals surface area (Å²) in [5, 5.41) is 6.29. The van der Waals surface area contributed by atoms with Gasteiger partial charge in [0.2, 0.25) is 0 Å². The third-order valence-corrected chi connectivity index (χ3v) is 7.03. The number of methoxy groups -OCH3 is 1. The summed E-state index contributed by atoms with van der Waals surface area (Å²) in [6, 6.07) is 13.2. The molecule has 0 fully saturated rings. The smallest absolute Gasteiger partial charge is 0.188 e. The first-order valence-corrected chi connectivity index (χ1v) is 12.0. The SMILES string of the molecule is COCOc1c(CC2C=CC=CC2)cccc1Pc1c(C)cccc1CNC(C)(C)C. The molecule has 0 saturated heterocycles. The minimum atomic E-state index is 0.0821. The van der Waals surface area contributed by atoms with E-state index in [1.54, 1.807) is 7.11 Å². The van der Waals surface area contributed by atoms with Crippen LogP contribution >= 0.6 is 8.58 Å². The molecule has 0 aromatic heterocycles. The average Bonchev–Trinajstić information content (AvgIpc) is 2.74. The fourth-order valence-corrected chi connectivity index (χ4v) is 5.16. The van der Waals surface area contributed by atoms with Crippen molar-refractivity contribution in [2.75, 3.05) is 13.9 Å². The van der Waals surface area contributed by atoms with Gasteiger partial charge in [-0.05, 0) is 68.4 Å². The van der Waals surface area contributed by atoms with Gasteiger partial charge in [0.1, 0.15) is 5.75 Å². The summed E-state index contributed by atoms with van der Waals surface area (Å²) in [4.78, 5) is 0. The van der Waals surface area contributed by atoms with Crippen molar-refractivity contribution < 1.29 is 9.47 Å². The van der Waals surface area contributed by atoms with Crippen LogP contribution in [0.15, 0.2) is 60.7 Å². The number of benzene rings is 2. The van der Waals surface area contributed by atoms with Gasteiger partial charge in [0, 0.05) is 24.5 Å². The molecule has 31 heavy (non-hydrogen) atoms. The van der Waals surface area contributed by atoms with E-state index in [-0.39, 0.29) is 12.3 Å². The molecule has 2 aromatic rings. The molecule has 0 spiro atoms. The number of hydrogen-bond acceptors (Lipinski definition) is 3. The highest BCUT2D eigenvalue weighted by Gasteiger charge is 2.17. The van der Waals surface area contributed by atoms with Crippen LogP contribution in [0.1, 0.15) is 43.9 Å². The molecular weight excluding hydrogens is 401 g/mol. The molecule has 4 heteroatoms. The Morgan fingerprint density at radius 3 is 2.55 bits per heavy atom. The lowest BCUT2D eigenvalue weighted by Gasteiger charge is -2.23. The first-order chi connectivity index (χ1) is 14.9. The van der Waals surface area contributed by atoms with Crippen molar-refractivity contribution >= 4 is 19.2 Å². The van der Waals surface area contributed by atoms with Gasteiger partial charge >= 0.3 is 0 Å². The van der Waals surface area contributed by atoms with Gasteiger partial charge in [-0.3, -0.25) is 0 Å². The van der Waals surface area contributed by atoms with E-state index in [2.05, 4.69) is 93.7 Å². The van der Waals surface area contributed by atoms with Gasteiger partial charge in [-0.25, -0.2) is 0 Å². The standard InChI is InChI=1S/C27H36NO2P/c1-20-11-9-15-23(18-28-27(2,3)4)26(20)31-24-16-10-14-22(25(24)30-19-29-5)17-21-12-7-6-8-13-21/h6-12,14-16,21,28,31H,13,17-19H2,1-5H3. The minimum absolute atomic E-state index is 0.0821. The van der Waals surface area contributed by atoms with Crippen LogP contribution < -0.4 is 20.7 Å². The predicted molar refractivity (Wildman–Crippen MR) is 134 cm³/mol. The quantitative estimate of drug-likeness (QED) is 0.434. The van der Waals surface area contributed by atoms with E-state index in [0.717, 1.165) is 25.1 Å². The molecule has 0 amide bonds. The Balaban J connectivity index is 1.91. The van der Waals surface area contributed by atoms with Crippen molar-refractivity contribution in [2.24, 2.45) is 5.92 Å². The first-order valence-electron chi connectivity index (χ1n) is 11.0. The summed E-state index contributed by atoms with van der Waals surface area (Å²) in [6.45, 7) is 9.96. The third kappa shape index (κ3) is 7.04. The number of hydrogen-bond donors (Lipinski definition) is 1. The maximum absolute atomic E-state index is 6.15. The second-order valence-electron chi connectivity index (χ2n) is 9.20. The Labute approximate surface area is 189 Å². The Morgan fingerprint density at radius 1 is 1.06 bits per heavy atom. The Bertz CT molecular complexity index is 927. The summed E-state index contributed by atoms with van der Waals surface area (Å²) in [5.41, 5.74) is 4.03. The van der Waals surface area contributed by atoms with Crippen molar-refractivity contribution in [3.63, 3.8) is 0 Å². The molecule has 1 aliphatic rings. The van der Waals surface area contributed by atoms with Crippen LogP contribution in [0.25, 0.3) is 0 Å². The molecule has 2 unspecified atom stereocenters. The van der Waals surface area contributed by atoms with Crippen LogP contribution in [0.5, 0.6) is 5.75 Å². The molecule has 2 atom stereocenters. The number of para-hydroxylation sites is 1. The molecule has 2 aromatic carbocycles. The molecule has 0 heterocycles. The van der Waals surface area contributed by atoms with E-state index < -0.39 is 0 Å². The lowest BCUT2D eigenvalue weighted by molar-refractivity contribution is 0.0511. The lowest BCUT2D eigenvalue weighted by atomic mass is 9.93. The second-order valence-corrected chi connectivity index (χ2v) is 10.5. The number of aryl methyl sites for hydroxylation is 1. The Kier molecular flexibility index (Phi) is 8.49. The maximum Gasteiger partial charge on any atom is 0.188 e. The van der Waals surface area contributed by atoms with Crippen LogP contribution in [0, 0.1) is 12.8 Å². The van der Waals surface area contributed by atoms with Crippen molar-refractivity contribution in [2.45, 2.75) is 52.6 Å². The van der Waals surface area contributed by atoms with Crippen molar-refractivity contribution in [3.05, 3.63) is 77.4 Å². The zero-order chi connectivity index (χ0) is 22.3. The van der Waals surface area contributed by atoms with E-state index >= 15 is 0 Å². The lowest BCUT2D eigenvalue weighted by Crippen LogP contribution is -2.36. The molecule has 0 aliphatic heterocycles. The fraction of sp³-hybridized carbons (Fsp3) is 0.407. The fourth-order valence-electron chi connectivity index (χ4n) is 3.75. The van der Waals surface area contributed by atoms with Crippen LogP contribution in [-0.2, 0) is 17.7 Å². The number of ether oxygens (including phenoxy) is 2. The van der Waals surface area contributed by atoms with Crippen molar-refractivity contribution in [1.29, 1.82) is 0 Å². The van der Waals surface area contributed by atoms with Gasteiger partial charge in [0.05, 0.1) is 0 Å². The molecule has 1 N–H and O–H groups in total. The topological polar surface area (TPSA) is 30.5 Å². The van der Waals surface area contributed by atoms with Gasteiger partial charge in [0.15, 0.2) is 6.79 Å². The van der Waals surface area contributed by atoms with Crippen LogP contribution in [-0.4, -0.2) is 19.4 Å². The molecule has 166 valence electrons. The molecule has 0 saturated carbocycles. The highest BCUT2D eigenvalue weighted by molar-refractivity contribution is 7.56. The van der Waals surface area contributed by atoms with E-state index in [1.165, 1.54) is 27.3 Å². The summed E-state index contributed by atoms with van der Waals surface area (Å²) in [6.07, 6.45) is 10.9. The van der Waals surface area contributed by atoms with Gasteiger partial charge in [0.25, 0.3) is 0 Å². The Hall–Kier alpha value is -1.93. The largest absolute Gasteiger partial charge is 0.467 e. The minimum Gasteiger partial charge on any atom is -0.467 e. The first kappa shape index (κ1) is 23.7. The van der Waals surface area contributed by atoms with E-state index in [4.69, 9.17) is 9.47 Å². The molecule has 3 nitrogen and oxygen atoms in total.